The molecule has 0 saturated carbocycles. The van der Waals surface area contributed by atoms with Gasteiger partial charge in [-0.05, 0) is 52.9 Å². The van der Waals surface area contributed by atoms with Crippen LogP contribution in [0.25, 0.3) is 37.8 Å². The number of benzene rings is 4. The van der Waals surface area contributed by atoms with E-state index in [1.807, 2.05) is 35.2 Å². The Labute approximate surface area is 256 Å². The Bertz CT molecular complexity index is 2110. The Morgan fingerprint density at radius 3 is 2.38 bits per heavy atom. The molecule has 218 valence electrons. The van der Waals surface area contributed by atoms with E-state index < -0.39 is 31.7 Å². The van der Waals surface area contributed by atoms with Crippen LogP contribution in [0, 0.1) is 0 Å². The van der Waals surface area contributed by atoms with Crippen molar-refractivity contribution in [3.05, 3.63) is 81.8 Å². The number of nitrogens with zero attached hydrogens (tertiary/aromatic N) is 2. The Hall–Kier alpha value is -2.71. The smallest absolute Gasteiger partial charge is 0.265 e. The van der Waals surface area contributed by atoms with E-state index in [2.05, 4.69) is 41.0 Å². The maximum absolute atomic E-state index is 11.5. The second-order valence-corrected chi connectivity index (χ2v) is 15.6. The second-order valence-electron chi connectivity index (χ2n) is 9.97. The molecule has 0 N–H and O–H groups in total. The zero-order valence-corrected chi connectivity index (χ0v) is 26.0. The number of hydrogen-bond donors (Lipinski definition) is 0. The van der Waals surface area contributed by atoms with Crippen LogP contribution in [-0.2, 0) is 26.8 Å². The van der Waals surface area contributed by atoms with E-state index in [0.717, 1.165) is 52.4 Å². The van der Waals surface area contributed by atoms with Gasteiger partial charge in [-0.15, -0.1) is 0 Å². The Morgan fingerprint density at radius 1 is 0.857 bits per heavy atom. The minimum atomic E-state index is -4.38. The van der Waals surface area contributed by atoms with Crippen molar-refractivity contribution < 1.29 is 30.5 Å². The lowest BCUT2D eigenvalue weighted by Gasteiger charge is -2.20. The summed E-state index contributed by atoms with van der Waals surface area (Å²) in [6.45, 7) is 0.603. The Morgan fingerprint density at radius 2 is 1.60 bits per heavy atom. The van der Waals surface area contributed by atoms with Crippen LogP contribution in [0.3, 0.4) is 0 Å². The van der Waals surface area contributed by atoms with E-state index in [-0.39, 0.29) is 12.8 Å². The summed E-state index contributed by atoms with van der Waals surface area (Å²) in [5, 5.41) is 6.50. The fraction of sp³-hybridized carbons (Fsp3) is 0.207. The summed E-state index contributed by atoms with van der Waals surface area (Å²) in [4.78, 5) is 2.90. The molecule has 0 amide bonds. The monoisotopic (exact) mass is 659 g/mol. The number of thioether (sulfide) groups is 1. The molecule has 1 aliphatic rings. The van der Waals surface area contributed by atoms with Crippen LogP contribution >= 0.6 is 34.7 Å². The summed E-state index contributed by atoms with van der Waals surface area (Å²) < 4.78 is 71.3. The number of fused-ring (bicyclic) bond motifs is 6. The lowest BCUT2D eigenvalue weighted by atomic mass is 10.0. The van der Waals surface area contributed by atoms with Crippen LogP contribution in [0.15, 0.2) is 76.7 Å². The van der Waals surface area contributed by atoms with Crippen molar-refractivity contribution in [2.45, 2.75) is 24.3 Å². The van der Waals surface area contributed by atoms with Gasteiger partial charge in [0.15, 0.2) is 6.54 Å². The van der Waals surface area contributed by atoms with Crippen LogP contribution in [0.4, 0.5) is 5.69 Å². The number of aromatic nitrogens is 1. The zero-order chi connectivity index (χ0) is 29.6. The summed E-state index contributed by atoms with van der Waals surface area (Å²) in [7, 11) is -8.75. The SMILES string of the molecule is O=S(=O)([O-])CCCN1/C(=C/c2sc3ccc4c5ccccc5ccc4c3[n+]2CCCS(=O)(=O)[O-])Sc2ccc(Cl)cc21. The highest BCUT2D eigenvalue weighted by molar-refractivity contribution is 8.04. The summed E-state index contributed by atoms with van der Waals surface area (Å²) in [6.07, 6.45) is 2.28. The highest BCUT2D eigenvalue weighted by Gasteiger charge is 2.29. The van der Waals surface area contributed by atoms with E-state index in [0.29, 0.717) is 18.1 Å². The summed E-state index contributed by atoms with van der Waals surface area (Å²) in [6, 6.07) is 21.9. The van der Waals surface area contributed by atoms with E-state index in [4.69, 9.17) is 11.6 Å². The molecule has 0 radical (unpaired) electrons. The van der Waals surface area contributed by atoms with Crippen molar-refractivity contribution in [2.24, 2.45) is 0 Å². The average Bonchev–Trinajstić information content (AvgIpc) is 3.44. The number of aryl methyl sites for hydroxylation is 1. The van der Waals surface area contributed by atoms with Gasteiger partial charge in [0, 0.05) is 34.4 Å². The molecular weight excluding hydrogens is 636 g/mol. The van der Waals surface area contributed by atoms with Crippen LogP contribution in [-0.4, -0.2) is 44.0 Å². The predicted molar refractivity (Wildman–Crippen MR) is 168 cm³/mol. The van der Waals surface area contributed by atoms with Gasteiger partial charge in [0.1, 0.15) is 4.70 Å². The van der Waals surface area contributed by atoms with Crippen molar-refractivity contribution in [3.63, 3.8) is 0 Å². The van der Waals surface area contributed by atoms with E-state index in [1.165, 1.54) is 11.8 Å². The molecule has 0 unspecified atom stereocenters. The third-order valence-corrected chi connectivity index (χ3v) is 11.1. The van der Waals surface area contributed by atoms with Gasteiger partial charge in [-0.3, -0.25) is 0 Å². The molecule has 0 saturated heterocycles. The molecule has 0 atom stereocenters. The quantitative estimate of drug-likeness (QED) is 0.108. The number of thiazole rings is 1. The molecule has 1 aromatic heterocycles. The van der Waals surface area contributed by atoms with Gasteiger partial charge in [-0.2, -0.15) is 4.57 Å². The molecule has 0 spiro atoms. The molecule has 0 bridgehead atoms. The standard InChI is InChI=1S/C29H25ClN2O6S4/c30-20-8-11-25-24(17-20)31(13-3-15-41(33,34)35)27(39-25)18-28-32(14-4-16-42(36,37)38)29-23-9-7-19-5-1-2-6-21(19)22(23)10-12-26(29)40-28/h1-2,5-12,17-18H,3-4,13-16H2,(H-,33,34,35,36,37,38)/p-1. The summed E-state index contributed by atoms with van der Waals surface area (Å²) in [5.41, 5.74) is 1.77. The zero-order valence-electron chi connectivity index (χ0n) is 22.0. The number of hydrogen-bond acceptors (Lipinski definition) is 9. The number of halogens is 1. The molecule has 0 fully saturated rings. The Balaban J connectivity index is 1.49. The van der Waals surface area contributed by atoms with Crippen molar-refractivity contribution in [1.82, 2.24) is 0 Å². The molecule has 5 aromatic rings. The van der Waals surface area contributed by atoms with Crippen LogP contribution in [0.2, 0.25) is 5.02 Å². The van der Waals surface area contributed by atoms with Crippen molar-refractivity contribution in [1.29, 1.82) is 0 Å². The van der Waals surface area contributed by atoms with Crippen molar-refractivity contribution >= 4 is 98.5 Å². The van der Waals surface area contributed by atoms with E-state index >= 15 is 0 Å². The molecule has 6 rings (SSSR count). The lowest BCUT2D eigenvalue weighted by Crippen LogP contribution is -2.36. The molecule has 1 aliphatic heterocycles. The molecule has 4 aromatic carbocycles. The highest BCUT2D eigenvalue weighted by atomic mass is 35.5. The first-order valence-electron chi connectivity index (χ1n) is 13.1. The largest absolute Gasteiger partial charge is 0.748 e. The highest BCUT2D eigenvalue weighted by Crippen LogP contribution is 2.48. The minimum absolute atomic E-state index is 0.140. The second kappa shape index (κ2) is 11.4. The molecule has 0 aliphatic carbocycles. The first kappa shape index (κ1) is 29.4. The lowest BCUT2D eigenvalue weighted by molar-refractivity contribution is -0.667. The maximum atomic E-state index is 11.5. The normalized spacial score (nSPS) is 14.9. The van der Waals surface area contributed by atoms with E-state index in [9.17, 15) is 25.9 Å². The summed E-state index contributed by atoms with van der Waals surface area (Å²) >= 11 is 9.35. The van der Waals surface area contributed by atoms with Gasteiger partial charge in [0.25, 0.3) is 5.01 Å². The molecule has 13 heteroatoms. The topological polar surface area (TPSA) is 122 Å². The maximum Gasteiger partial charge on any atom is 0.265 e. The third kappa shape index (κ3) is 6.16. The number of anilines is 1. The molecular formula is C29H24ClN2O6S4-. The van der Waals surface area contributed by atoms with Crippen molar-refractivity contribution in [3.8, 4) is 0 Å². The fourth-order valence-corrected chi connectivity index (χ4v) is 8.79. The van der Waals surface area contributed by atoms with Crippen LogP contribution < -0.4 is 9.47 Å². The molecule has 42 heavy (non-hydrogen) atoms. The first-order valence-corrected chi connectivity index (χ1v) is 18.2. The van der Waals surface area contributed by atoms with Gasteiger partial charge in [0.2, 0.25) is 5.52 Å². The van der Waals surface area contributed by atoms with Crippen LogP contribution in [0.1, 0.15) is 17.8 Å². The van der Waals surface area contributed by atoms with Gasteiger partial charge >= 0.3 is 0 Å². The van der Waals surface area contributed by atoms with Gasteiger partial charge in [-0.25, -0.2) is 16.8 Å². The fourth-order valence-electron chi connectivity index (χ4n) is 5.34. The van der Waals surface area contributed by atoms with Crippen LogP contribution in [0.5, 0.6) is 0 Å². The first-order chi connectivity index (χ1) is 20.0. The van der Waals surface area contributed by atoms with Gasteiger partial charge in [0.05, 0.1) is 42.4 Å². The predicted octanol–water partition coefficient (Wildman–Crippen LogP) is 5.93. The van der Waals surface area contributed by atoms with Gasteiger partial charge < -0.3 is 14.0 Å². The Kier molecular flexibility index (Phi) is 7.98. The van der Waals surface area contributed by atoms with Crippen molar-refractivity contribution in [2.75, 3.05) is 23.0 Å². The third-order valence-electron chi connectivity index (χ3n) is 7.10. The molecule has 2 heterocycles. The van der Waals surface area contributed by atoms with Gasteiger partial charge in [-0.1, -0.05) is 71.1 Å². The number of rotatable bonds is 9. The minimum Gasteiger partial charge on any atom is -0.748 e. The average molecular weight is 660 g/mol. The molecule has 8 nitrogen and oxygen atoms in total. The van der Waals surface area contributed by atoms with E-state index in [1.54, 1.807) is 17.4 Å². The summed E-state index contributed by atoms with van der Waals surface area (Å²) in [5.74, 6) is -0.959.